The number of benzene rings is 1. The number of halogens is 1. The number of carbonyl (C=O) groups excluding carboxylic acids is 1. The molecule has 1 amide bonds. The first kappa shape index (κ1) is 14.5. The monoisotopic (exact) mass is 321 g/mol. The molecule has 1 aliphatic rings. The second-order valence-corrected chi connectivity index (χ2v) is 6.36. The van der Waals surface area contributed by atoms with Crippen molar-refractivity contribution in [3.05, 3.63) is 34.7 Å². The molecule has 0 saturated carbocycles. The number of piperidine rings is 1. The summed E-state index contributed by atoms with van der Waals surface area (Å²) in [7, 11) is 0. The first-order valence-electron chi connectivity index (χ1n) is 6.95. The Hall–Kier alpha value is -1.43. The van der Waals surface area contributed by atoms with Gasteiger partial charge in [-0.15, -0.1) is 11.3 Å². The average Bonchev–Trinajstić information content (AvgIpc) is 2.97. The molecule has 0 spiro atoms. The fraction of sp³-hybridized carbons (Fsp3) is 0.333. The minimum absolute atomic E-state index is 0.0727. The number of hydrogen-bond acceptors (Lipinski definition) is 4. The van der Waals surface area contributed by atoms with E-state index in [1.807, 2.05) is 29.6 Å². The molecule has 6 heteroatoms. The topological polar surface area (TPSA) is 54.0 Å². The van der Waals surface area contributed by atoms with Gasteiger partial charge < -0.3 is 10.6 Å². The summed E-state index contributed by atoms with van der Waals surface area (Å²) in [5, 5.41) is 9.45. The zero-order chi connectivity index (χ0) is 14.7. The molecule has 1 saturated heterocycles. The fourth-order valence-corrected chi connectivity index (χ4v) is 3.32. The molecule has 110 valence electrons. The van der Waals surface area contributed by atoms with E-state index in [4.69, 9.17) is 11.6 Å². The number of anilines is 1. The highest BCUT2D eigenvalue weighted by atomic mass is 35.5. The summed E-state index contributed by atoms with van der Waals surface area (Å²) in [5.74, 6) is 0.160. The van der Waals surface area contributed by atoms with E-state index in [1.54, 1.807) is 0 Å². The highest BCUT2D eigenvalue weighted by Crippen LogP contribution is 2.27. The quantitative estimate of drug-likeness (QED) is 0.911. The Balaban J connectivity index is 1.69. The predicted octanol–water partition coefficient (Wildman–Crippen LogP) is 3.40. The van der Waals surface area contributed by atoms with Gasteiger partial charge in [0.1, 0.15) is 0 Å². The Kier molecular flexibility index (Phi) is 4.53. The van der Waals surface area contributed by atoms with Crippen molar-refractivity contribution < 1.29 is 4.79 Å². The van der Waals surface area contributed by atoms with Crippen LogP contribution < -0.4 is 10.6 Å². The summed E-state index contributed by atoms with van der Waals surface area (Å²) < 4.78 is 0. The largest absolute Gasteiger partial charge is 0.317 e. The van der Waals surface area contributed by atoms with Gasteiger partial charge in [0.15, 0.2) is 5.13 Å². The van der Waals surface area contributed by atoms with E-state index in [2.05, 4.69) is 15.6 Å². The molecule has 0 radical (unpaired) electrons. The molecule has 1 aliphatic heterocycles. The van der Waals surface area contributed by atoms with Crippen LogP contribution in [0.5, 0.6) is 0 Å². The number of thiazole rings is 1. The van der Waals surface area contributed by atoms with Gasteiger partial charge in [-0.25, -0.2) is 4.98 Å². The van der Waals surface area contributed by atoms with Crippen molar-refractivity contribution in [3.63, 3.8) is 0 Å². The van der Waals surface area contributed by atoms with E-state index >= 15 is 0 Å². The molecule has 1 aromatic heterocycles. The second-order valence-electron chi connectivity index (χ2n) is 5.06. The molecular formula is C15H16ClN3OS. The zero-order valence-corrected chi connectivity index (χ0v) is 13.0. The van der Waals surface area contributed by atoms with Crippen molar-refractivity contribution in [1.82, 2.24) is 10.3 Å². The van der Waals surface area contributed by atoms with Crippen molar-refractivity contribution in [1.29, 1.82) is 0 Å². The van der Waals surface area contributed by atoms with Crippen LogP contribution in [0.1, 0.15) is 12.8 Å². The van der Waals surface area contributed by atoms with Crippen LogP contribution in [0.15, 0.2) is 29.6 Å². The predicted molar refractivity (Wildman–Crippen MR) is 86.8 cm³/mol. The summed E-state index contributed by atoms with van der Waals surface area (Å²) in [6.07, 6.45) is 1.77. The summed E-state index contributed by atoms with van der Waals surface area (Å²) >= 11 is 7.43. The van der Waals surface area contributed by atoms with Crippen LogP contribution in [-0.4, -0.2) is 24.0 Å². The first-order valence-corrected chi connectivity index (χ1v) is 8.21. The minimum Gasteiger partial charge on any atom is -0.317 e. The van der Waals surface area contributed by atoms with E-state index in [-0.39, 0.29) is 11.8 Å². The second kappa shape index (κ2) is 6.56. The molecular weight excluding hydrogens is 306 g/mol. The smallest absolute Gasteiger partial charge is 0.229 e. The Labute approximate surface area is 132 Å². The lowest BCUT2D eigenvalue weighted by Gasteiger charge is -2.20. The Morgan fingerprint density at radius 3 is 2.95 bits per heavy atom. The highest BCUT2D eigenvalue weighted by Gasteiger charge is 2.21. The van der Waals surface area contributed by atoms with Gasteiger partial charge in [0.05, 0.1) is 5.69 Å². The molecule has 4 nitrogen and oxygen atoms in total. The zero-order valence-electron chi connectivity index (χ0n) is 11.4. The lowest BCUT2D eigenvalue weighted by Crippen LogP contribution is -2.34. The van der Waals surface area contributed by atoms with Crippen LogP contribution in [0.25, 0.3) is 11.3 Å². The Morgan fingerprint density at radius 1 is 1.38 bits per heavy atom. The van der Waals surface area contributed by atoms with E-state index in [0.717, 1.165) is 37.2 Å². The van der Waals surface area contributed by atoms with Crippen LogP contribution in [0.3, 0.4) is 0 Å². The first-order chi connectivity index (χ1) is 10.2. The maximum atomic E-state index is 12.2. The molecule has 2 aromatic rings. The standard InChI is InChI=1S/C15H16ClN3OS/c16-12-3-1-2-11(8-12)13-9-21-15(18-13)19-14(20)10-4-6-17-7-5-10/h1-3,8-10,17H,4-7H2,(H,18,19,20). The van der Waals surface area contributed by atoms with Crippen molar-refractivity contribution in [2.24, 2.45) is 5.92 Å². The van der Waals surface area contributed by atoms with Gasteiger partial charge >= 0.3 is 0 Å². The van der Waals surface area contributed by atoms with Crippen LogP contribution in [-0.2, 0) is 4.79 Å². The van der Waals surface area contributed by atoms with E-state index in [1.165, 1.54) is 11.3 Å². The molecule has 0 atom stereocenters. The Bertz CT molecular complexity index is 637. The number of nitrogens with one attached hydrogen (secondary N) is 2. The van der Waals surface area contributed by atoms with Gasteiger partial charge in [0.2, 0.25) is 5.91 Å². The van der Waals surface area contributed by atoms with Gasteiger partial charge in [-0.05, 0) is 38.1 Å². The third-order valence-corrected chi connectivity index (χ3v) is 4.56. The number of hydrogen-bond donors (Lipinski definition) is 2. The van der Waals surface area contributed by atoms with Gasteiger partial charge in [-0.2, -0.15) is 0 Å². The van der Waals surface area contributed by atoms with Crippen molar-refractivity contribution in [2.75, 3.05) is 18.4 Å². The van der Waals surface area contributed by atoms with Crippen molar-refractivity contribution >= 4 is 34.0 Å². The van der Waals surface area contributed by atoms with E-state index < -0.39 is 0 Å². The third-order valence-electron chi connectivity index (χ3n) is 3.56. The number of amides is 1. The van der Waals surface area contributed by atoms with E-state index in [9.17, 15) is 4.79 Å². The Morgan fingerprint density at radius 2 is 2.19 bits per heavy atom. The molecule has 3 rings (SSSR count). The molecule has 2 heterocycles. The molecule has 0 aliphatic carbocycles. The van der Waals surface area contributed by atoms with Gasteiger partial charge in [-0.3, -0.25) is 4.79 Å². The highest BCUT2D eigenvalue weighted by molar-refractivity contribution is 7.14. The van der Waals surface area contributed by atoms with E-state index in [0.29, 0.717) is 10.2 Å². The summed E-state index contributed by atoms with van der Waals surface area (Å²) in [5.41, 5.74) is 1.80. The third kappa shape index (κ3) is 3.61. The lowest BCUT2D eigenvalue weighted by atomic mass is 9.97. The van der Waals surface area contributed by atoms with Crippen LogP contribution >= 0.6 is 22.9 Å². The maximum Gasteiger partial charge on any atom is 0.229 e. The summed E-state index contributed by atoms with van der Waals surface area (Å²) in [6, 6.07) is 7.55. The number of nitrogens with zero attached hydrogens (tertiary/aromatic N) is 1. The molecule has 1 aromatic carbocycles. The maximum absolute atomic E-state index is 12.2. The number of carbonyl (C=O) groups is 1. The van der Waals surface area contributed by atoms with Crippen LogP contribution in [0.2, 0.25) is 5.02 Å². The molecule has 1 fully saturated rings. The van der Waals surface area contributed by atoms with Gasteiger partial charge in [0.25, 0.3) is 0 Å². The normalized spacial score (nSPS) is 15.9. The molecule has 2 N–H and O–H groups in total. The SMILES string of the molecule is O=C(Nc1nc(-c2cccc(Cl)c2)cs1)C1CCNCC1. The molecule has 0 unspecified atom stereocenters. The lowest BCUT2D eigenvalue weighted by molar-refractivity contribution is -0.120. The summed E-state index contributed by atoms with van der Waals surface area (Å²) in [4.78, 5) is 16.6. The van der Waals surface area contributed by atoms with Crippen molar-refractivity contribution in [2.45, 2.75) is 12.8 Å². The average molecular weight is 322 g/mol. The molecule has 21 heavy (non-hydrogen) atoms. The minimum atomic E-state index is 0.0727. The van der Waals surface area contributed by atoms with Crippen LogP contribution in [0, 0.1) is 5.92 Å². The summed E-state index contributed by atoms with van der Waals surface area (Å²) in [6.45, 7) is 1.81. The van der Waals surface area contributed by atoms with Crippen LogP contribution in [0.4, 0.5) is 5.13 Å². The van der Waals surface area contributed by atoms with Gasteiger partial charge in [-0.1, -0.05) is 23.7 Å². The number of aromatic nitrogens is 1. The molecule has 0 bridgehead atoms. The number of rotatable bonds is 3. The van der Waals surface area contributed by atoms with Gasteiger partial charge in [0, 0.05) is 21.9 Å². The van der Waals surface area contributed by atoms with Crippen molar-refractivity contribution in [3.8, 4) is 11.3 Å². The fourth-order valence-electron chi connectivity index (χ4n) is 2.40.